The Bertz CT molecular complexity index is 884. The summed E-state index contributed by atoms with van der Waals surface area (Å²) < 4.78 is 14.6. The summed E-state index contributed by atoms with van der Waals surface area (Å²) in [5.74, 6) is 1.67. The third-order valence-electron chi connectivity index (χ3n) is 9.63. The molecule has 5 rings (SSSR count). The molecule has 1 N–H and O–H groups in total. The third kappa shape index (κ3) is 2.75. The van der Waals surface area contributed by atoms with Crippen LogP contribution in [0.5, 0.6) is 0 Å². The second-order valence-electron chi connectivity index (χ2n) is 10.9. The van der Waals surface area contributed by atoms with Crippen molar-refractivity contribution in [3.63, 3.8) is 0 Å². The molecular formula is C26H34FNO2. The van der Waals surface area contributed by atoms with Crippen LogP contribution in [-0.4, -0.2) is 35.1 Å². The third-order valence-corrected chi connectivity index (χ3v) is 9.63. The molecule has 3 saturated carbocycles. The largest absolute Gasteiger partial charge is 0.393 e. The summed E-state index contributed by atoms with van der Waals surface area (Å²) in [4.78, 5) is 14.6. The number of nitrogens with zero attached hydrogens (tertiary/aromatic N) is 1. The first-order valence-electron chi connectivity index (χ1n) is 11.6. The van der Waals surface area contributed by atoms with E-state index in [0.29, 0.717) is 24.2 Å². The molecule has 1 amide bonds. The predicted octanol–water partition coefficient (Wildman–Crippen LogP) is 4.59. The van der Waals surface area contributed by atoms with Gasteiger partial charge in [0.05, 0.1) is 6.10 Å². The molecule has 4 heteroatoms. The molecule has 1 heterocycles. The van der Waals surface area contributed by atoms with Crippen molar-refractivity contribution in [1.82, 2.24) is 4.90 Å². The van der Waals surface area contributed by atoms with Crippen molar-refractivity contribution >= 4 is 5.91 Å². The van der Waals surface area contributed by atoms with E-state index in [2.05, 4.69) is 19.9 Å². The van der Waals surface area contributed by atoms with Crippen LogP contribution < -0.4 is 0 Å². The summed E-state index contributed by atoms with van der Waals surface area (Å²) in [5, 5.41) is 10.8. The quantitative estimate of drug-likeness (QED) is 0.773. The van der Waals surface area contributed by atoms with Gasteiger partial charge in [-0.05, 0) is 85.3 Å². The lowest BCUT2D eigenvalue weighted by molar-refractivity contribution is -0.148. The van der Waals surface area contributed by atoms with Crippen LogP contribution in [0.4, 0.5) is 4.39 Å². The number of aliphatic hydroxyl groups excluding tert-OH is 1. The SMILES string of the molecule is CN1C(=O)C=C[C@]2(C)[C@H]3CC[C@]4(C)[C@@H](O)CC[C@H]4[C@@H]3C[C@H](Cc3ccccc3F)[C@@H]12. The van der Waals surface area contributed by atoms with E-state index in [9.17, 15) is 14.3 Å². The van der Waals surface area contributed by atoms with Gasteiger partial charge in [-0.3, -0.25) is 4.79 Å². The average Bonchev–Trinajstić information content (AvgIpc) is 3.02. The smallest absolute Gasteiger partial charge is 0.246 e. The first kappa shape index (κ1) is 20.2. The molecule has 1 aromatic carbocycles. The van der Waals surface area contributed by atoms with E-state index in [1.807, 2.05) is 24.1 Å². The van der Waals surface area contributed by atoms with E-state index >= 15 is 0 Å². The maximum Gasteiger partial charge on any atom is 0.246 e. The highest BCUT2D eigenvalue weighted by Crippen LogP contribution is 2.65. The molecule has 0 aromatic heterocycles. The number of likely N-dealkylation sites (N-methyl/N-ethyl adjacent to an activating group) is 1. The van der Waals surface area contributed by atoms with Gasteiger partial charge >= 0.3 is 0 Å². The van der Waals surface area contributed by atoms with Gasteiger partial charge in [-0.1, -0.05) is 38.1 Å². The van der Waals surface area contributed by atoms with Crippen molar-refractivity contribution < 1.29 is 14.3 Å². The summed E-state index contributed by atoms with van der Waals surface area (Å²) in [6, 6.07) is 7.17. The van der Waals surface area contributed by atoms with Gasteiger partial charge in [0.1, 0.15) is 5.82 Å². The predicted molar refractivity (Wildman–Crippen MR) is 115 cm³/mol. The van der Waals surface area contributed by atoms with Crippen molar-refractivity contribution in [2.75, 3.05) is 7.05 Å². The standard InChI is InChI=1S/C26H34FNO2/c1-25-12-10-20-18(19(25)8-9-22(25)29)15-17(14-16-6-4-5-7-21(16)27)24-26(20,2)13-11-23(30)28(24)3/h4-7,11,13,17-20,22,24,29H,8-10,12,14-15H2,1-3H3/t17-,18-,19-,20-,22-,24+,25-,26+/m0/s1. The van der Waals surface area contributed by atoms with Gasteiger partial charge < -0.3 is 10.0 Å². The highest BCUT2D eigenvalue weighted by Gasteiger charge is 2.62. The van der Waals surface area contributed by atoms with Crippen molar-refractivity contribution in [2.45, 2.75) is 64.5 Å². The second-order valence-corrected chi connectivity index (χ2v) is 10.9. The summed E-state index contributed by atoms with van der Waals surface area (Å²) in [5.41, 5.74) is 0.660. The van der Waals surface area contributed by atoms with Gasteiger partial charge in [0.2, 0.25) is 5.91 Å². The Morgan fingerprint density at radius 2 is 1.93 bits per heavy atom. The number of fused-ring (bicyclic) bond motifs is 5. The molecule has 0 saturated heterocycles. The molecule has 3 nitrogen and oxygen atoms in total. The fourth-order valence-electron chi connectivity index (χ4n) is 8.17. The van der Waals surface area contributed by atoms with Crippen molar-refractivity contribution in [3.05, 3.63) is 47.8 Å². The van der Waals surface area contributed by atoms with Crippen LogP contribution >= 0.6 is 0 Å². The summed E-state index contributed by atoms with van der Waals surface area (Å²) in [6.45, 7) is 4.62. The topological polar surface area (TPSA) is 40.5 Å². The van der Waals surface area contributed by atoms with Gasteiger partial charge in [-0.25, -0.2) is 4.39 Å². The van der Waals surface area contributed by atoms with E-state index < -0.39 is 0 Å². The Hall–Kier alpha value is -1.68. The number of hydrogen-bond acceptors (Lipinski definition) is 2. The normalized spacial score (nSPS) is 45.1. The Balaban J connectivity index is 1.56. The summed E-state index contributed by atoms with van der Waals surface area (Å²) in [6.07, 6.45) is 9.55. The Kier molecular flexibility index (Phi) is 4.66. The molecule has 3 aliphatic carbocycles. The number of hydrogen-bond donors (Lipinski definition) is 1. The van der Waals surface area contributed by atoms with Gasteiger partial charge in [-0.15, -0.1) is 0 Å². The maximum atomic E-state index is 14.6. The second kappa shape index (κ2) is 6.91. The highest BCUT2D eigenvalue weighted by atomic mass is 19.1. The first-order valence-corrected chi connectivity index (χ1v) is 11.6. The Morgan fingerprint density at radius 1 is 1.17 bits per heavy atom. The lowest BCUT2D eigenvalue weighted by atomic mass is 9.46. The first-order chi connectivity index (χ1) is 14.3. The van der Waals surface area contributed by atoms with E-state index in [1.165, 1.54) is 0 Å². The molecule has 0 unspecified atom stereocenters. The van der Waals surface area contributed by atoms with Crippen molar-refractivity contribution in [3.8, 4) is 0 Å². The van der Waals surface area contributed by atoms with Gasteiger partial charge in [0.15, 0.2) is 0 Å². The zero-order valence-corrected chi connectivity index (χ0v) is 18.4. The number of benzene rings is 1. The van der Waals surface area contributed by atoms with Gasteiger partial charge in [0.25, 0.3) is 0 Å². The minimum absolute atomic E-state index is 0.00696. The lowest BCUT2D eigenvalue weighted by Gasteiger charge is -2.62. The molecular weight excluding hydrogens is 377 g/mol. The van der Waals surface area contributed by atoms with E-state index in [4.69, 9.17) is 0 Å². The zero-order chi connectivity index (χ0) is 21.3. The Labute approximate surface area is 179 Å². The number of amides is 1. The number of aliphatic hydroxyl groups is 1. The van der Waals surface area contributed by atoms with Gasteiger partial charge in [0, 0.05) is 18.5 Å². The fourth-order valence-corrected chi connectivity index (χ4v) is 8.17. The molecule has 1 aromatic rings. The monoisotopic (exact) mass is 411 g/mol. The molecule has 0 spiro atoms. The highest BCUT2D eigenvalue weighted by molar-refractivity contribution is 5.89. The zero-order valence-electron chi connectivity index (χ0n) is 18.4. The van der Waals surface area contributed by atoms with Crippen molar-refractivity contribution in [2.24, 2.45) is 34.5 Å². The van der Waals surface area contributed by atoms with Crippen LogP contribution in [0.3, 0.4) is 0 Å². The van der Waals surface area contributed by atoms with Gasteiger partial charge in [-0.2, -0.15) is 0 Å². The summed E-state index contributed by atoms with van der Waals surface area (Å²) in [7, 11) is 1.93. The van der Waals surface area contributed by atoms with E-state index in [0.717, 1.165) is 37.7 Å². The van der Waals surface area contributed by atoms with Crippen molar-refractivity contribution in [1.29, 1.82) is 0 Å². The molecule has 3 fully saturated rings. The number of rotatable bonds is 2. The number of carbonyl (C=O) groups excluding carboxylic acids is 1. The van der Waals surface area contributed by atoms with Crippen LogP contribution in [-0.2, 0) is 11.2 Å². The molecule has 1 aliphatic heterocycles. The molecule has 4 aliphatic rings. The molecule has 0 radical (unpaired) electrons. The maximum absolute atomic E-state index is 14.6. The van der Waals surface area contributed by atoms with Crippen LogP contribution in [0.2, 0.25) is 0 Å². The molecule has 0 bridgehead atoms. The van der Waals surface area contributed by atoms with E-state index in [-0.39, 0.29) is 40.6 Å². The average molecular weight is 412 g/mol. The minimum Gasteiger partial charge on any atom is -0.393 e. The van der Waals surface area contributed by atoms with E-state index in [1.54, 1.807) is 18.2 Å². The van der Waals surface area contributed by atoms with Crippen LogP contribution in [0, 0.1) is 40.3 Å². The fraction of sp³-hybridized carbons (Fsp3) is 0.654. The lowest BCUT2D eigenvalue weighted by Crippen LogP contribution is -2.63. The molecule has 30 heavy (non-hydrogen) atoms. The molecule has 8 atom stereocenters. The van der Waals surface area contributed by atoms with Crippen LogP contribution in [0.1, 0.15) is 51.5 Å². The van der Waals surface area contributed by atoms with Crippen LogP contribution in [0.25, 0.3) is 0 Å². The number of carbonyl (C=O) groups is 1. The Morgan fingerprint density at radius 3 is 2.70 bits per heavy atom. The number of halogens is 1. The minimum atomic E-state index is -0.204. The molecule has 162 valence electrons. The summed E-state index contributed by atoms with van der Waals surface area (Å²) >= 11 is 0. The van der Waals surface area contributed by atoms with Crippen LogP contribution in [0.15, 0.2) is 36.4 Å².